The Morgan fingerprint density at radius 2 is 1.52 bits per heavy atom. The monoisotopic (exact) mass is 685 g/mol. The van der Waals surface area contributed by atoms with Crippen LogP contribution < -0.4 is 14.4 Å². The van der Waals surface area contributed by atoms with Crippen LogP contribution in [0.4, 0.5) is 10.1 Å². The molecule has 0 aliphatic heterocycles. The molecule has 2 amide bonds. The van der Waals surface area contributed by atoms with Gasteiger partial charge in [-0.1, -0.05) is 66.5 Å². The molecule has 0 aliphatic carbocycles. The number of ether oxygens (including phenoxy) is 1. The van der Waals surface area contributed by atoms with Crippen LogP contribution in [0.2, 0.25) is 10.0 Å². The first kappa shape index (κ1) is 34.7. The van der Waals surface area contributed by atoms with Gasteiger partial charge in [0.2, 0.25) is 11.8 Å². The number of rotatable bonds is 14. The first-order chi connectivity index (χ1) is 22.0. The van der Waals surface area contributed by atoms with Crippen LogP contribution in [0.1, 0.15) is 24.5 Å². The number of carbonyl (C=O) groups is 2. The van der Waals surface area contributed by atoms with Crippen molar-refractivity contribution >= 4 is 50.7 Å². The molecule has 4 aromatic carbocycles. The normalized spacial score (nSPS) is 11.8. The predicted molar refractivity (Wildman–Crippen MR) is 178 cm³/mol. The standard InChI is InChI=1S/C34H34Cl2FN3O5S/c1-3-20-38-34(42)32(21-24-8-5-4-6-9-24)39(22-29-30(35)10-7-11-31(29)36)33(41)23-40(26-14-12-25(37)13-15-26)46(43,44)28-18-16-27(45-2)17-19-28/h4-19,32H,3,20-23H2,1-2H3,(H,38,42)/t32-/m0/s1. The lowest BCUT2D eigenvalue weighted by Crippen LogP contribution is -2.53. The third-order valence-corrected chi connectivity index (χ3v) is 9.75. The number of sulfonamides is 1. The average Bonchev–Trinajstić information content (AvgIpc) is 3.06. The summed E-state index contributed by atoms with van der Waals surface area (Å²) in [5.74, 6) is -1.27. The quantitative estimate of drug-likeness (QED) is 0.163. The smallest absolute Gasteiger partial charge is 0.264 e. The van der Waals surface area contributed by atoms with E-state index in [1.54, 1.807) is 18.2 Å². The molecule has 0 aliphatic rings. The molecular formula is C34H34Cl2FN3O5S. The summed E-state index contributed by atoms with van der Waals surface area (Å²) in [6, 6.07) is 23.4. The fourth-order valence-corrected chi connectivity index (χ4v) is 6.72. The van der Waals surface area contributed by atoms with Gasteiger partial charge in [0.1, 0.15) is 24.2 Å². The highest BCUT2D eigenvalue weighted by Crippen LogP contribution is 2.29. The van der Waals surface area contributed by atoms with Gasteiger partial charge in [-0.2, -0.15) is 0 Å². The van der Waals surface area contributed by atoms with Gasteiger partial charge in [0, 0.05) is 35.1 Å². The largest absolute Gasteiger partial charge is 0.497 e. The lowest BCUT2D eigenvalue weighted by Gasteiger charge is -2.34. The van der Waals surface area contributed by atoms with E-state index in [-0.39, 0.29) is 33.6 Å². The number of hydrogen-bond donors (Lipinski definition) is 1. The van der Waals surface area contributed by atoms with Crippen molar-refractivity contribution in [2.24, 2.45) is 0 Å². The average molecular weight is 687 g/mol. The second-order valence-electron chi connectivity index (χ2n) is 10.4. The van der Waals surface area contributed by atoms with Crippen LogP contribution in [-0.4, -0.2) is 51.4 Å². The lowest BCUT2D eigenvalue weighted by atomic mass is 10.0. The first-order valence-corrected chi connectivity index (χ1v) is 16.7. The highest BCUT2D eigenvalue weighted by atomic mass is 35.5. The van der Waals surface area contributed by atoms with Gasteiger partial charge in [-0.15, -0.1) is 0 Å². The van der Waals surface area contributed by atoms with Gasteiger partial charge in [0.15, 0.2) is 0 Å². The van der Waals surface area contributed by atoms with E-state index >= 15 is 0 Å². The number of nitrogens with zero attached hydrogens (tertiary/aromatic N) is 2. The second-order valence-corrected chi connectivity index (χ2v) is 13.1. The highest BCUT2D eigenvalue weighted by Gasteiger charge is 2.35. The Bertz CT molecular complexity index is 1720. The Balaban J connectivity index is 1.82. The molecule has 0 aromatic heterocycles. The SMILES string of the molecule is CCCNC(=O)[C@H](Cc1ccccc1)N(Cc1c(Cl)cccc1Cl)C(=O)CN(c1ccc(F)cc1)S(=O)(=O)c1ccc(OC)cc1. The third kappa shape index (κ3) is 8.57. The van der Waals surface area contributed by atoms with Gasteiger partial charge in [-0.25, -0.2) is 12.8 Å². The number of carbonyl (C=O) groups excluding carboxylic acids is 2. The fraction of sp³-hybridized carbons (Fsp3) is 0.235. The molecule has 4 aromatic rings. The minimum absolute atomic E-state index is 0.0522. The summed E-state index contributed by atoms with van der Waals surface area (Å²) >= 11 is 13.1. The van der Waals surface area contributed by atoms with Crippen LogP contribution in [0.15, 0.2) is 102 Å². The topological polar surface area (TPSA) is 96.0 Å². The number of nitrogens with one attached hydrogen (secondary N) is 1. The summed E-state index contributed by atoms with van der Waals surface area (Å²) in [7, 11) is -2.92. The third-order valence-electron chi connectivity index (χ3n) is 7.25. The number of hydrogen-bond acceptors (Lipinski definition) is 5. The van der Waals surface area contributed by atoms with Gasteiger partial charge in [0.05, 0.1) is 17.7 Å². The van der Waals surface area contributed by atoms with E-state index in [0.717, 1.165) is 22.0 Å². The van der Waals surface area contributed by atoms with Crippen molar-refractivity contribution in [2.75, 3.05) is 24.5 Å². The van der Waals surface area contributed by atoms with Crippen molar-refractivity contribution in [2.45, 2.75) is 37.2 Å². The maximum atomic E-state index is 14.5. The summed E-state index contributed by atoms with van der Waals surface area (Å²) in [5, 5.41) is 3.43. The minimum atomic E-state index is -4.37. The molecular weight excluding hydrogens is 652 g/mol. The molecule has 1 atom stereocenters. The van der Waals surface area contributed by atoms with Crippen LogP contribution in [-0.2, 0) is 32.6 Å². The first-order valence-electron chi connectivity index (χ1n) is 14.5. The molecule has 46 heavy (non-hydrogen) atoms. The van der Waals surface area contributed by atoms with Gasteiger partial charge < -0.3 is 15.0 Å². The fourth-order valence-electron chi connectivity index (χ4n) is 4.78. The van der Waals surface area contributed by atoms with Crippen molar-refractivity contribution in [3.63, 3.8) is 0 Å². The molecule has 0 heterocycles. The Labute approximate surface area is 278 Å². The molecule has 0 saturated carbocycles. The second kappa shape index (κ2) is 15.9. The molecule has 242 valence electrons. The summed E-state index contributed by atoms with van der Waals surface area (Å²) < 4.78 is 48.2. The van der Waals surface area contributed by atoms with Crippen LogP contribution >= 0.6 is 23.2 Å². The number of methoxy groups -OCH3 is 1. The van der Waals surface area contributed by atoms with E-state index in [9.17, 15) is 22.4 Å². The van der Waals surface area contributed by atoms with E-state index in [1.807, 2.05) is 37.3 Å². The molecule has 0 unspecified atom stereocenters. The van der Waals surface area contributed by atoms with E-state index < -0.39 is 40.2 Å². The lowest BCUT2D eigenvalue weighted by molar-refractivity contribution is -0.140. The summed E-state index contributed by atoms with van der Waals surface area (Å²) in [6.45, 7) is 1.37. The number of halogens is 3. The van der Waals surface area contributed by atoms with Crippen molar-refractivity contribution in [1.29, 1.82) is 0 Å². The zero-order valence-corrected chi connectivity index (χ0v) is 27.7. The van der Waals surface area contributed by atoms with Gasteiger partial charge in [-0.3, -0.25) is 13.9 Å². The molecule has 0 bridgehead atoms. The molecule has 1 N–H and O–H groups in total. The highest BCUT2D eigenvalue weighted by molar-refractivity contribution is 7.92. The van der Waals surface area contributed by atoms with E-state index in [2.05, 4.69) is 5.32 Å². The molecule has 0 radical (unpaired) electrons. The van der Waals surface area contributed by atoms with Crippen LogP contribution in [0.5, 0.6) is 5.75 Å². The van der Waals surface area contributed by atoms with Crippen molar-refractivity contribution < 1.29 is 27.1 Å². The van der Waals surface area contributed by atoms with E-state index in [1.165, 1.54) is 48.4 Å². The van der Waals surface area contributed by atoms with Crippen LogP contribution in [0.3, 0.4) is 0 Å². The molecule has 0 saturated heterocycles. The van der Waals surface area contributed by atoms with E-state index in [4.69, 9.17) is 27.9 Å². The van der Waals surface area contributed by atoms with Crippen LogP contribution in [0.25, 0.3) is 0 Å². The maximum Gasteiger partial charge on any atom is 0.264 e. The Kier molecular flexibility index (Phi) is 12.0. The van der Waals surface area contributed by atoms with Gasteiger partial charge in [0.25, 0.3) is 10.0 Å². The number of benzene rings is 4. The maximum absolute atomic E-state index is 14.5. The number of anilines is 1. The predicted octanol–water partition coefficient (Wildman–Crippen LogP) is 6.50. The van der Waals surface area contributed by atoms with Crippen molar-refractivity contribution in [1.82, 2.24) is 10.2 Å². The van der Waals surface area contributed by atoms with Gasteiger partial charge >= 0.3 is 0 Å². The van der Waals surface area contributed by atoms with Crippen molar-refractivity contribution in [3.05, 3.63) is 124 Å². The minimum Gasteiger partial charge on any atom is -0.497 e. The zero-order valence-electron chi connectivity index (χ0n) is 25.3. The molecule has 0 fully saturated rings. The molecule has 8 nitrogen and oxygen atoms in total. The summed E-state index contributed by atoms with van der Waals surface area (Å²) in [4.78, 5) is 29.4. The summed E-state index contributed by atoms with van der Waals surface area (Å²) in [6.07, 6.45) is 0.790. The van der Waals surface area contributed by atoms with Gasteiger partial charge in [-0.05, 0) is 72.6 Å². The molecule has 0 spiro atoms. The number of amides is 2. The Morgan fingerprint density at radius 1 is 0.891 bits per heavy atom. The Hall–Kier alpha value is -4.12. The van der Waals surface area contributed by atoms with Crippen LogP contribution in [0, 0.1) is 5.82 Å². The van der Waals surface area contributed by atoms with Crippen molar-refractivity contribution in [3.8, 4) is 5.75 Å². The zero-order chi connectivity index (χ0) is 33.3. The molecule has 4 rings (SSSR count). The van der Waals surface area contributed by atoms with E-state index in [0.29, 0.717) is 24.3 Å². The Morgan fingerprint density at radius 3 is 2.11 bits per heavy atom. The molecule has 12 heteroatoms. The summed E-state index contributed by atoms with van der Waals surface area (Å²) in [5.41, 5.74) is 1.23.